The Morgan fingerprint density at radius 1 is 1.33 bits per heavy atom. The minimum atomic E-state index is -1.25. The summed E-state index contributed by atoms with van der Waals surface area (Å²) < 4.78 is 0. The Hall–Kier alpha value is -1.81. The van der Waals surface area contributed by atoms with Crippen molar-refractivity contribution in [3.05, 3.63) is 40.9 Å². The molecule has 3 N–H and O–H groups in total. The van der Waals surface area contributed by atoms with Gasteiger partial charge in [-0.05, 0) is 6.07 Å². The van der Waals surface area contributed by atoms with Crippen LogP contribution in [-0.4, -0.2) is 17.0 Å². The summed E-state index contributed by atoms with van der Waals surface area (Å²) in [4.78, 5) is 21.5. The first-order chi connectivity index (χ1) is 7.02. The molecule has 0 heterocycles. The quantitative estimate of drug-likeness (QED) is 0.761. The number of benzene rings is 1. The molecule has 0 bridgehead atoms. The zero-order valence-corrected chi connectivity index (χ0v) is 8.36. The van der Waals surface area contributed by atoms with E-state index in [4.69, 9.17) is 22.4 Å². The first-order valence-electron chi connectivity index (χ1n) is 4.01. The number of amides is 1. The lowest BCUT2D eigenvalue weighted by Crippen LogP contribution is -2.10. The monoisotopic (exact) mass is 225 g/mol. The van der Waals surface area contributed by atoms with Crippen LogP contribution in [0.15, 0.2) is 30.3 Å². The highest BCUT2D eigenvalue weighted by Crippen LogP contribution is 2.23. The van der Waals surface area contributed by atoms with Gasteiger partial charge in [-0.15, -0.1) is 0 Å². The molecule has 0 aromatic heterocycles. The van der Waals surface area contributed by atoms with Crippen molar-refractivity contribution in [3.63, 3.8) is 0 Å². The minimum Gasteiger partial charge on any atom is -0.478 e. The van der Waals surface area contributed by atoms with Crippen molar-refractivity contribution in [1.29, 1.82) is 0 Å². The molecule has 0 aliphatic rings. The van der Waals surface area contributed by atoms with Crippen LogP contribution >= 0.6 is 11.6 Å². The van der Waals surface area contributed by atoms with Crippen molar-refractivity contribution in [2.45, 2.75) is 0 Å². The van der Waals surface area contributed by atoms with Crippen LogP contribution in [-0.2, 0) is 9.59 Å². The molecule has 0 atom stereocenters. The molecule has 1 rings (SSSR count). The molecule has 0 unspecified atom stereocenters. The van der Waals surface area contributed by atoms with Crippen molar-refractivity contribution in [1.82, 2.24) is 0 Å². The van der Waals surface area contributed by atoms with Crippen LogP contribution < -0.4 is 5.73 Å². The number of carbonyl (C=O) groups is 2. The topological polar surface area (TPSA) is 80.4 Å². The number of nitrogens with two attached hydrogens (primary N) is 1. The van der Waals surface area contributed by atoms with E-state index in [9.17, 15) is 9.59 Å². The highest BCUT2D eigenvalue weighted by molar-refractivity contribution is 6.35. The number of hydrogen-bond acceptors (Lipinski definition) is 2. The van der Waals surface area contributed by atoms with E-state index in [1.807, 2.05) is 0 Å². The fourth-order valence-electron chi connectivity index (χ4n) is 1.08. The molecule has 0 saturated heterocycles. The van der Waals surface area contributed by atoms with Crippen LogP contribution in [0.1, 0.15) is 5.56 Å². The van der Waals surface area contributed by atoms with Crippen molar-refractivity contribution >= 4 is 29.1 Å². The maximum absolute atomic E-state index is 10.9. The van der Waals surface area contributed by atoms with Gasteiger partial charge in [0.1, 0.15) is 0 Å². The van der Waals surface area contributed by atoms with Gasteiger partial charge in [-0.25, -0.2) is 4.79 Å². The summed E-state index contributed by atoms with van der Waals surface area (Å²) in [6.45, 7) is 0. The summed E-state index contributed by atoms with van der Waals surface area (Å²) in [6.07, 6.45) is 0.837. The van der Waals surface area contributed by atoms with Crippen LogP contribution in [0.5, 0.6) is 0 Å². The summed E-state index contributed by atoms with van der Waals surface area (Å²) in [7, 11) is 0. The van der Waals surface area contributed by atoms with Crippen molar-refractivity contribution < 1.29 is 14.7 Å². The van der Waals surface area contributed by atoms with Crippen LogP contribution in [0, 0.1) is 0 Å². The molecule has 0 saturated carbocycles. The van der Waals surface area contributed by atoms with Gasteiger partial charge in [0.15, 0.2) is 0 Å². The van der Waals surface area contributed by atoms with Gasteiger partial charge < -0.3 is 10.8 Å². The van der Waals surface area contributed by atoms with Gasteiger partial charge in [0.2, 0.25) is 5.91 Å². The molecular formula is C10H8ClNO3. The summed E-state index contributed by atoms with van der Waals surface area (Å²) in [5.41, 5.74) is 4.95. The molecule has 0 aliphatic carbocycles. The zero-order valence-electron chi connectivity index (χ0n) is 7.61. The van der Waals surface area contributed by atoms with Crippen LogP contribution in [0.25, 0.3) is 5.57 Å². The van der Waals surface area contributed by atoms with E-state index in [2.05, 4.69) is 0 Å². The second-order valence-corrected chi connectivity index (χ2v) is 3.15. The minimum absolute atomic E-state index is 0.215. The average molecular weight is 226 g/mol. The number of primary amides is 1. The smallest absolute Gasteiger partial charge is 0.336 e. The second kappa shape index (κ2) is 4.61. The molecule has 1 aromatic rings. The van der Waals surface area contributed by atoms with Crippen LogP contribution in [0.2, 0.25) is 5.02 Å². The van der Waals surface area contributed by atoms with Gasteiger partial charge in [-0.2, -0.15) is 0 Å². The number of carboxylic acids is 1. The van der Waals surface area contributed by atoms with E-state index in [1.165, 1.54) is 12.1 Å². The van der Waals surface area contributed by atoms with Crippen molar-refractivity contribution in [2.75, 3.05) is 0 Å². The highest BCUT2D eigenvalue weighted by Gasteiger charge is 2.14. The lowest BCUT2D eigenvalue weighted by atomic mass is 10.1. The average Bonchev–Trinajstić information content (AvgIpc) is 2.15. The maximum Gasteiger partial charge on any atom is 0.336 e. The lowest BCUT2D eigenvalue weighted by Gasteiger charge is -2.03. The Kier molecular flexibility index (Phi) is 3.46. The molecule has 5 heteroatoms. The van der Waals surface area contributed by atoms with E-state index in [1.54, 1.807) is 12.1 Å². The predicted molar refractivity (Wildman–Crippen MR) is 56.3 cm³/mol. The number of rotatable bonds is 3. The molecular weight excluding hydrogens is 218 g/mol. The summed E-state index contributed by atoms with van der Waals surface area (Å²) in [5, 5.41) is 9.12. The predicted octanol–water partition coefficient (Wildman–Crippen LogP) is 1.29. The van der Waals surface area contributed by atoms with Gasteiger partial charge in [0.25, 0.3) is 0 Å². The third kappa shape index (κ3) is 2.82. The van der Waals surface area contributed by atoms with Gasteiger partial charge >= 0.3 is 5.97 Å². The summed E-state index contributed by atoms with van der Waals surface area (Å²) in [6, 6.07) is 6.33. The third-order valence-electron chi connectivity index (χ3n) is 1.68. The SMILES string of the molecule is NC(=O)/C=C(\C(=O)O)c1ccccc1Cl. The van der Waals surface area contributed by atoms with Gasteiger partial charge in [-0.3, -0.25) is 4.79 Å². The van der Waals surface area contributed by atoms with Crippen molar-refractivity contribution in [2.24, 2.45) is 5.73 Å². The standard InChI is InChI=1S/C10H8ClNO3/c11-8-4-2-1-3-6(8)7(10(14)15)5-9(12)13/h1-5H,(H2,12,13)(H,14,15)/b7-5-. The molecule has 0 spiro atoms. The number of aliphatic carboxylic acids is 1. The largest absolute Gasteiger partial charge is 0.478 e. The molecule has 4 nitrogen and oxygen atoms in total. The second-order valence-electron chi connectivity index (χ2n) is 2.75. The molecule has 0 radical (unpaired) electrons. The van der Waals surface area contributed by atoms with E-state index >= 15 is 0 Å². The van der Waals surface area contributed by atoms with E-state index < -0.39 is 11.9 Å². The molecule has 15 heavy (non-hydrogen) atoms. The third-order valence-corrected chi connectivity index (χ3v) is 2.01. The van der Waals surface area contributed by atoms with E-state index in [-0.39, 0.29) is 16.2 Å². The highest BCUT2D eigenvalue weighted by atomic mass is 35.5. The molecule has 78 valence electrons. The van der Waals surface area contributed by atoms with Gasteiger partial charge in [0.05, 0.1) is 5.57 Å². The molecule has 0 aliphatic heterocycles. The number of carboxylic acid groups (broad SMARTS) is 1. The fraction of sp³-hybridized carbons (Fsp3) is 0. The Balaban J connectivity index is 3.29. The Morgan fingerprint density at radius 3 is 2.40 bits per heavy atom. The number of halogens is 1. The normalized spacial score (nSPS) is 11.1. The van der Waals surface area contributed by atoms with Crippen molar-refractivity contribution in [3.8, 4) is 0 Å². The molecule has 1 amide bonds. The summed E-state index contributed by atoms with van der Waals surface area (Å²) in [5.74, 6) is -2.07. The van der Waals surface area contributed by atoms with Gasteiger partial charge in [0, 0.05) is 16.7 Å². The first-order valence-corrected chi connectivity index (χ1v) is 4.39. The maximum atomic E-state index is 10.9. The van der Waals surface area contributed by atoms with E-state index in [0.29, 0.717) is 0 Å². The Morgan fingerprint density at radius 2 is 1.93 bits per heavy atom. The van der Waals surface area contributed by atoms with Crippen LogP contribution in [0.4, 0.5) is 0 Å². The lowest BCUT2D eigenvalue weighted by molar-refractivity contribution is -0.130. The first kappa shape index (κ1) is 11.3. The number of carbonyl (C=O) groups excluding carboxylic acids is 1. The Bertz CT molecular complexity index is 440. The Labute approximate surface area is 91.0 Å². The molecule has 0 fully saturated rings. The zero-order chi connectivity index (χ0) is 11.4. The fourth-order valence-corrected chi connectivity index (χ4v) is 1.31. The van der Waals surface area contributed by atoms with Crippen LogP contribution in [0.3, 0.4) is 0 Å². The van der Waals surface area contributed by atoms with E-state index in [0.717, 1.165) is 6.08 Å². The number of hydrogen-bond donors (Lipinski definition) is 2. The molecule has 1 aromatic carbocycles. The van der Waals surface area contributed by atoms with Gasteiger partial charge in [-0.1, -0.05) is 29.8 Å². The summed E-state index contributed by atoms with van der Waals surface area (Å²) >= 11 is 5.79.